The van der Waals surface area contributed by atoms with E-state index in [0.29, 0.717) is 17.5 Å². The van der Waals surface area contributed by atoms with Crippen LogP contribution in [0, 0.1) is 0 Å². The van der Waals surface area contributed by atoms with Crippen LogP contribution in [0.4, 0.5) is 0 Å². The molecule has 11 aromatic carbocycles. The fourth-order valence-electron chi connectivity index (χ4n) is 10.6. The highest BCUT2D eigenvalue weighted by Crippen LogP contribution is 2.41. The topological polar surface area (TPSA) is 48.5 Å². The van der Waals surface area contributed by atoms with Crippen LogP contribution < -0.4 is 0 Å². The molecule has 5 nitrogen and oxygen atoms in total. The third kappa shape index (κ3) is 5.99. The van der Waals surface area contributed by atoms with E-state index in [1.54, 1.807) is 0 Å². The molecule has 0 spiro atoms. The highest BCUT2D eigenvalue weighted by Gasteiger charge is 2.19. The fourth-order valence-corrected chi connectivity index (χ4v) is 10.6. The first kappa shape index (κ1) is 38.1. The summed E-state index contributed by atoms with van der Waals surface area (Å²) in [6.07, 6.45) is 0. The van der Waals surface area contributed by atoms with E-state index in [0.717, 1.165) is 44.7 Å². The Morgan fingerprint density at radius 1 is 0.206 bits per heavy atom. The molecule has 0 aliphatic heterocycles. The third-order valence-electron chi connectivity index (χ3n) is 13.7. The molecular formula is C63H39N5. The van der Waals surface area contributed by atoms with Gasteiger partial charge in [-0.15, -0.1) is 0 Å². The first-order chi connectivity index (χ1) is 33.7. The predicted octanol–water partition coefficient (Wildman–Crippen LogP) is 16.2. The minimum absolute atomic E-state index is 0.633. The van der Waals surface area contributed by atoms with Gasteiger partial charge in [-0.05, 0) is 110 Å². The van der Waals surface area contributed by atoms with Crippen LogP contribution >= 0.6 is 0 Å². The van der Waals surface area contributed by atoms with Crippen LogP contribution in [-0.4, -0.2) is 24.1 Å². The quantitative estimate of drug-likeness (QED) is 0.156. The Morgan fingerprint density at radius 3 is 1.16 bits per heavy atom. The Morgan fingerprint density at radius 2 is 0.574 bits per heavy atom. The van der Waals surface area contributed by atoms with Gasteiger partial charge in [-0.1, -0.05) is 170 Å². The summed E-state index contributed by atoms with van der Waals surface area (Å²) in [7, 11) is 0. The molecule has 3 heterocycles. The number of hydrogen-bond acceptors (Lipinski definition) is 3. The molecule has 14 aromatic rings. The lowest BCUT2D eigenvalue weighted by Crippen LogP contribution is -2.00. The molecule has 0 N–H and O–H groups in total. The van der Waals surface area contributed by atoms with Crippen molar-refractivity contribution in [2.75, 3.05) is 0 Å². The second-order valence-electron chi connectivity index (χ2n) is 17.6. The first-order valence-corrected chi connectivity index (χ1v) is 23.1. The largest absolute Gasteiger partial charge is 0.309 e. The Balaban J connectivity index is 0.888. The van der Waals surface area contributed by atoms with E-state index < -0.39 is 0 Å². The minimum Gasteiger partial charge on any atom is -0.309 e. The van der Waals surface area contributed by atoms with E-state index in [1.165, 1.54) is 70.5 Å². The molecule has 0 fully saturated rings. The number of fused-ring (bicyclic) bond motifs is 12. The number of aromatic nitrogens is 5. The van der Waals surface area contributed by atoms with Crippen molar-refractivity contribution in [3.8, 4) is 56.7 Å². The molecule has 316 valence electrons. The zero-order valence-electron chi connectivity index (χ0n) is 36.8. The molecule has 68 heavy (non-hydrogen) atoms. The number of rotatable bonds is 6. The molecule has 0 radical (unpaired) electrons. The molecule has 0 saturated carbocycles. The van der Waals surface area contributed by atoms with Gasteiger partial charge in [0.15, 0.2) is 17.5 Å². The molecule has 0 aliphatic rings. The normalized spacial score (nSPS) is 11.8. The van der Waals surface area contributed by atoms with Gasteiger partial charge in [0.05, 0.1) is 22.1 Å². The highest BCUT2D eigenvalue weighted by atomic mass is 15.0. The van der Waals surface area contributed by atoms with Gasteiger partial charge in [0.1, 0.15) is 0 Å². The molecule has 0 amide bonds. The number of nitrogens with zero attached hydrogens (tertiary/aromatic N) is 5. The maximum Gasteiger partial charge on any atom is 0.164 e. The van der Waals surface area contributed by atoms with Crippen LogP contribution in [0.25, 0.3) is 133 Å². The zero-order valence-corrected chi connectivity index (χ0v) is 36.8. The van der Waals surface area contributed by atoms with Crippen molar-refractivity contribution in [1.82, 2.24) is 24.1 Å². The van der Waals surface area contributed by atoms with Crippen LogP contribution in [0.2, 0.25) is 0 Å². The predicted molar refractivity (Wildman–Crippen MR) is 283 cm³/mol. The van der Waals surface area contributed by atoms with Crippen molar-refractivity contribution in [3.05, 3.63) is 237 Å². The van der Waals surface area contributed by atoms with Gasteiger partial charge in [0, 0.05) is 49.6 Å². The van der Waals surface area contributed by atoms with E-state index >= 15 is 0 Å². The smallest absolute Gasteiger partial charge is 0.164 e. The number of hydrogen-bond donors (Lipinski definition) is 0. The Kier molecular flexibility index (Phi) is 8.52. The lowest BCUT2D eigenvalue weighted by molar-refractivity contribution is 1.07. The SMILES string of the molecule is c1ccc(-c2nc(-c3ccccc3)nc(-c3ccc(-n4c5ccccc5c5ccc(-c6ccc7c(c6)c6ccccc6n7-c6ccc7c8ccccc8c8ccccc8c7c6)cc54)cc3)n2)cc1. The Hall–Kier alpha value is -9.19. The average Bonchev–Trinajstić information content (AvgIpc) is 3.93. The maximum atomic E-state index is 5.00. The van der Waals surface area contributed by atoms with Gasteiger partial charge in [0.2, 0.25) is 0 Å². The summed E-state index contributed by atoms with van der Waals surface area (Å²) >= 11 is 0. The first-order valence-electron chi connectivity index (χ1n) is 23.1. The van der Waals surface area contributed by atoms with E-state index in [1.807, 2.05) is 60.7 Å². The summed E-state index contributed by atoms with van der Waals surface area (Å²) in [6.45, 7) is 0. The van der Waals surface area contributed by atoms with E-state index in [-0.39, 0.29) is 0 Å². The lowest BCUT2D eigenvalue weighted by Gasteiger charge is -2.14. The molecule has 0 saturated heterocycles. The van der Waals surface area contributed by atoms with Gasteiger partial charge in [-0.25, -0.2) is 15.0 Å². The molecule has 5 heteroatoms. The Labute approximate surface area is 391 Å². The van der Waals surface area contributed by atoms with Gasteiger partial charge in [-0.2, -0.15) is 0 Å². The van der Waals surface area contributed by atoms with Crippen LogP contribution in [-0.2, 0) is 0 Å². The summed E-state index contributed by atoms with van der Waals surface area (Å²) in [5, 5.41) is 12.5. The van der Waals surface area contributed by atoms with E-state index in [4.69, 9.17) is 15.0 Å². The van der Waals surface area contributed by atoms with E-state index in [9.17, 15) is 0 Å². The third-order valence-corrected chi connectivity index (χ3v) is 13.7. The van der Waals surface area contributed by atoms with Crippen molar-refractivity contribution < 1.29 is 0 Å². The monoisotopic (exact) mass is 865 g/mol. The summed E-state index contributed by atoms with van der Waals surface area (Å²) in [5.74, 6) is 1.92. The summed E-state index contributed by atoms with van der Waals surface area (Å²) < 4.78 is 4.82. The zero-order chi connectivity index (χ0) is 44.7. The lowest BCUT2D eigenvalue weighted by atomic mass is 9.94. The van der Waals surface area contributed by atoms with Crippen molar-refractivity contribution in [3.63, 3.8) is 0 Å². The van der Waals surface area contributed by atoms with Gasteiger partial charge in [0.25, 0.3) is 0 Å². The number of para-hydroxylation sites is 2. The molecule has 0 bridgehead atoms. The standard InChI is InChI=1S/C63H39N5/c1-3-15-40(16-4-1)61-64-62(41-17-5-2-6-18-41)66-63(65-61)42-27-31-45(32-28-42)67-57-25-13-11-23-52(57)54-34-29-44(38-60(54)67)43-30-36-59-56(37-43)53-24-12-14-26-58(53)68(59)46-33-35-51-49-21-8-7-19-47(49)48-20-9-10-22-50(48)55(51)39-46/h1-39H. The second kappa shape index (κ2) is 15.2. The molecule has 14 rings (SSSR count). The second-order valence-corrected chi connectivity index (χ2v) is 17.6. The summed E-state index contributed by atoms with van der Waals surface area (Å²) in [4.78, 5) is 14.9. The average molecular weight is 866 g/mol. The summed E-state index contributed by atoms with van der Waals surface area (Å²) in [6, 6.07) is 84.8. The van der Waals surface area contributed by atoms with Gasteiger partial charge in [-0.3, -0.25) is 0 Å². The van der Waals surface area contributed by atoms with Crippen LogP contribution in [0.3, 0.4) is 0 Å². The molecule has 0 unspecified atom stereocenters. The maximum absolute atomic E-state index is 5.00. The number of benzene rings is 11. The highest BCUT2D eigenvalue weighted by molar-refractivity contribution is 6.25. The van der Waals surface area contributed by atoms with Gasteiger partial charge >= 0.3 is 0 Å². The van der Waals surface area contributed by atoms with Crippen molar-refractivity contribution >= 4 is 75.9 Å². The Bertz CT molecular complexity index is 4210. The van der Waals surface area contributed by atoms with Crippen LogP contribution in [0.1, 0.15) is 0 Å². The fraction of sp³-hybridized carbons (Fsp3) is 0. The summed E-state index contributed by atoms with van der Waals surface area (Å²) in [5.41, 5.74) is 12.0. The van der Waals surface area contributed by atoms with E-state index in [2.05, 4.69) is 185 Å². The van der Waals surface area contributed by atoms with Crippen molar-refractivity contribution in [2.24, 2.45) is 0 Å². The minimum atomic E-state index is 0.633. The van der Waals surface area contributed by atoms with Crippen molar-refractivity contribution in [1.29, 1.82) is 0 Å². The van der Waals surface area contributed by atoms with Crippen LogP contribution in [0.5, 0.6) is 0 Å². The molecule has 3 aromatic heterocycles. The van der Waals surface area contributed by atoms with Crippen LogP contribution in [0.15, 0.2) is 237 Å². The molecular weight excluding hydrogens is 827 g/mol. The van der Waals surface area contributed by atoms with Gasteiger partial charge < -0.3 is 9.13 Å². The van der Waals surface area contributed by atoms with Crippen molar-refractivity contribution in [2.45, 2.75) is 0 Å². The molecule has 0 aliphatic carbocycles. The molecule has 0 atom stereocenters.